The zero-order chi connectivity index (χ0) is 14.4. The number of rotatable bonds is 5. The largest absolute Gasteiger partial charge is 0.478 e. The van der Waals surface area contributed by atoms with Gasteiger partial charge in [0.25, 0.3) is 5.91 Å². The number of aliphatic carboxylic acids is 1. The lowest BCUT2D eigenvalue weighted by atomic mass is 10.1. The zero-order valence-electron chi connectivity index (χ0n) is 10.8. The highest BCUT2D eigenvalue weighted by molar-refractivity contribution is 5.95. The first kappa shape index (κ1) is 14.9. The molecular formula is C14H16FNO3. The monoisotopic (exact) mass is 265 g/mol. The van der Waals surface area contributed by atoms with E-state index in [0.717, 1.165) is 18.6 Å². The predicted molar refractivity (Wildman–Crippen MR) is 70.3 cm³/mol. The van der Waals surface area contributed by atoms with Gasteiger partial charge in [-0.25, -0.2) is 9.18 Å². The summed E-state index contributed by atoms with van der Waals surface area (Å²) in [5.41, 5.74) is 0.367. The molecule has 4 nitrogen and oxygen atoms in total. The van der Waals surface area contributed by atoms with E-state index < -0.39 is 17.7 Å². The summed E-state index contributed by atoms with van der Waals surface area (Å²) >= 11 is 0. The van der Waals surface area contributed by atoms with Crippen LogP contribution >= 0.6 is 0 Å². The highest BCUT2D eigenvalue weighted by atomic mass is 19.1. The molecule has 1 aromatic rings. The van der Waals surface area contributed by atoms with Crippen molar-refractivity contribution in [3.63, 3.8) is 0 Å². The van der Waals surface area contributed by atoms with Gasteiger partial charge < -0.3 is 10.4 Å². The molecule has 19 heavy (non-hydrogen) atoms. The highest BCUT2D eigenvalue weighted by Crippen LogP contribution is 2.12. The van der Waals surface area contributed by atoms with Crippen LogP contribution in [0.1, 0.15) is 36.2 Å². The Labute approximate surface area is 110 Å². The van der Waals surface area contributed by atoms with Gasteiger partial charge in [0, 0.05) is 12.1 Å². The number of nitrogens with one attached hydrogen (secondary N) is 1. The molecule has 1 aromatic carbocycles. The van der Waals surface area contributed by atoms with Gasteiger partial charge in [0.1, 0.15) is 5.82 Å². The maximum atomic E-state index is 13.6. The molecule has 2 N–H and O–H groups in total. The van der Waals surface area contributed by atoms with Gasteiger partial charge in [0.05, 0.1) is 5.56 Å². The molecule has 0 bridgehead atoms. The van der Waals surface area contributed by atoms with E-state index in [1.54, 1.807) is 0 Å². The van der Waals surface area contributed by atoms with Gasteiger partial charge in [0.15, 0.2) is 0 Å². The molecule has 102 valence electrons. The fourth-order valence-electron chi connectivity index (χ4n) is 1.39. The van der Waals surface area contributed by atoms with Crippen LogP contribution in [0.5, 0.6) is 0 Å². The Hall–Kier alpha value is -2.17. The third-order valence-electron chi connectivity index (χ3n) is 2.64. The van der Waals surface area contributed by atoms with Crippen molar-refractivity contribution in [1.82, 2.24) is 5.32 Å². The van der Waals surface area contributed by atoms with Crippen LogP contribution in [0.2, 0.25) is 0 Å². The lowest BCUT2D eigenvalue weighted by Crippen LogP contribution is -2.32. The second kappa shape index (κ2) is 6.68. The molecule has 0 aromatic heterocycles. The summed E-state index contributed by atoms with van der Waals surface area (Å²) in [6.07, 6.45) is 2.98. The summed E-state index contributed by atoms with van der Waals surface area (Å²) in [4.78, 5) is 22.2. The van der Waals surface area contributed by atoms with E-state index in [-0.39, 0.29) is 11.6 Å². The zero-order valence-corrected chi connectivity index (χ0v) is 10.8. The maximum Gasteiger partial charge on any atom is 0.328 e. The molecule has 0 aliphatic carbocycles. The Morgan fingerprint density at radius 1 is 1.47 bits per heavy atom. The Bertz CT molecular complexity index is 511. The lowest BCUT2D eigenvalue weighted by Gasteiger charge is -2.12. The third-order valence-corrected chi connectivity index (χ3v) is 2.64. The standard InChI is InChI=1S/C14H16FNO3/c1-3-9(2)16-14(19)11-8-10(4-6-12(11)15)5-7-13(17)18/h4-9H,3H2,1-2H3,(H,16,19)(H,17,18)/b7-5+. The predicted octanol–water partition coefficient (Wildman–Crippen LogP) is 2.45. The van der Waals surface area contributed by atoms with Gasteiger partial charge in [-0.3, -0.25) is 4.79 Å². The number of hydrogen-bond acceptors (Lipinski definition) is 2. The van der Waals surface area contributed by atoms with Crippen LogP contribution in [0, 0.1) is 5.82 Å². The molecule has 0 radical (unpaired) electrons. The summed E-state index contributed by atoms with van der Waals surface area (Å²) in [5.74, 6) is -2.24. The van der Waals surface area contributed by atoms with E-state index in [9.17, 15) is 14.0 Å². The first-order valence-corrected chi connectivity index (χ1v) is 5.95. The number of halogens is 1. The maximum absolute atomic E-state index is 13.6. The summed E-state index contributed by atoms with van der Waals surface area (Å²) in [7, 11) is 0. The molecule has 0 saturated carbocycles. The number of amides is 1. The van der Waals surface area contributed by atoms with Crippen LogP contribution < -0.4 is 5.32 Å². The van der Waals surface area contributed by atoms with Crippen molar-refractivity contribution < 1.29 is 19.1 Å². The molecule has 1 atom stereocenters. The van der Waals surface area contributed by atoms with Crippen LogP contribution in [-0.4, -0.2) is 23.0 Å². The average Bonchev–Trinajstić information content (AvgIpc) is 2.37. The van der Waals surface area contributed by atoms with Crippen molar-refractivity contribution in [3.8, 4) is 0 Å². The third kappa shape index (κ3) is 4.54. The van der Waals surface area contributed by atoms with Gasteiger partial charge in [-0.15, -0.1) is 0 Å². The number of carbonyl (C=O) groups excluding carboxylic acids is 1. The number of carbonyl (C=O) groups is 2. The molecule has 0 fully saturated rings. The van der Waals surface area contributed by atoms with Gasteiger partial charge >= 0.3 is 5.97 Å². The van der Waals surface area contributed by atoms with Gasteiger partial charge in [0.2, 0.25) is 0 Å². The number of benzene rings is 1. The second-order valence-electron chi connectivity index (χ2n) is 4.19. The first-order chi connectivity index (χ1) is 8.93. The van der Waals surface area contributed by atoms with Crippen LogP contribution in [0.15, 0.2) is 24.3 Å². The smallest absolute Gasteiger partial charge is 0.328 e. The van der Waals surface area contributed by atoms with Gasteiger partial charge in [-0.05, 0) is 37.1 Å². The fourth-order valence-corrected chi connectivity index (χ4v) is 1.39. The Balaban J connectivity index is 2.97. The summed E-state index contributed by atoms with van der Waals surface area (Å²) in [5, 5.41) is 11.2. The molecule has 5 heteroatoms. The van der Waals surface area contributed by atoms with E-state index in [4.69, 9.17) is 5.11 Å². The highest BCUT2D eigenvalue weighted by Gasteiger charge is 2.13. The minimum atomic E-state index is -1.10. The minimum absolute atomic E-state index is 0.0508. The summed E-state index contributed by atoms with van der Waals surface area (Å²) < 4.78 is 13.6. The van der Waals surface area contributed by atoms with Crippen molar-refractivity contribution >= 4 is 18.0 Å². The first-order valence-electron chi connectivity index (χ1n) is 5.95. The van der Waals surface area contributed by atoms with E-state index in [1.807, 2.05) is 13.8 Å². The van der Waals surface area contributed by atoms with E-state index in [1.165, 1.54) is 18.2 Å². The summed E-state index contributed by atoms with van der Waals surface area (Å²) in [6.45, 7) is 3.73. The normalized spacial score (nSPS) is 12.4. The van der Waals surface area contributed by atoms with Gasteiger partial charge in [-0.2, -0.15) is 0 Å². The van der Waals surface area contributed by atoms with E-state index in [0.29, 0.717) is 5.56 Å². The van der Waals surface area contributed by atoms with E-state index in [2.05, 4.69) is 5.32 Å². The second-order valence-corrected chi connectivity index (χ2v) is 4.19. The Morgan fingerprint density at radius 2 is 2.16 bits per heavy atom. The van der Waals surface area contributed by atoms with Crippen LogP contribution in [0.4, 0.5) is 4.39 Å². The lowest BCUT2D eigenvalue weighted by molar-refractivity contribution is -0.131. The van der Waals surface area contributed by atoms with Crippen LogP contribution in [-0.2, 0) is 4.79 Å². The average molecular weight is 265 g/mol. The quantitative estimate of drug-likeness (QED) is 0.804. The molecule has 0 aliphatic rings. The number of carboxylic acids is 1. The topological polar surface area (TPSA) is 66.4 Å². The van der Waals surface area contributed by atoms with Crippen molar-refractivity contribution in [2.24, 2.45) is 0 Å². The van der Waals surface area contributed by atoms with Crippen molar-refractivity contribution in [1.29, 1.82) is 0 Å². The van der Waals surface area contributed by atoms with E-state index >= 15 is 0 Å². The molecular weight excluding hydrogens is 249 g/mol. The molecule has 1 unspecified atom stereocenters. The van der Waals surface area contributed by atoms with Crippen LogP contribution in [0.25, 0.3) is 6.08 Å². The molecule has 0 spiro atoms. The van der Waals surface area contributed by atoms with Crippen LogP contribution in [0.3, 0.4) is 0 Å². The fraction of sp³-hybridized carbons (Fsp3) is 0.286. The Kier molecular flexibility index (Phi) is 5.23. The van der Waals surface area contributed by atoms with Crippen molar-refractivity contribution in [3.05, 3.63) is 41.2 Å². The number of hydrogen-bond donors (Lipinski definition) is 2. The Morgan fingerprint density at radius 3 is 2.74 bits per heavy atom. The minimum Gasteiger partial charge on any atom is -0.478 e. The molecule has 0 heterocycles. The van der Waals surface area contributed by atoms with Crippen molar-refractivity contribution in [2.75, 3.05) is 0 Å². The SMILES string of the molecule is CCC(C)NC(=O)c1cc(/C=C/C(=O)O)ccc1F. The van der Waals surface area contributed by atoms with Gasteiger partial charge in [-0.1, -0.05) is 13.0 Å². The molecule has 0 aliphatic heterocycles. The molecule has 1 amide bonds. The van der Waals surface area contributed by atoms with Crippen molar-refractivity contribution in [2.45, 2.75) is 26.3 Å². The number of carboxylic acid groups (broad SMARTS) is 1. The molecule has 1 rings (SSSR count). The summed E-state index contributed by atoms with van der Waals surface area (Å²) in [6, 6.07) is 3.83. The molecule has 0 saturated heterocycles.